The van der Waals surface area contributed by atoms with Crippen LogP contribution >= 0.6 is 12.4 Å². The Balaban J connectivity index is 0.00000208. The van der Waals surface area contributed by atoms with Crippen LogP contribution in [0.2, 0.25) is 0 Å². The molecule has 2 saturated heterocycles. The van der Waals surface area contributed by atoms with Gasteiger partial charge in [-0.1, -0.05) is 30.3 Å². The van der Waals surface area contributed by atoms with Crippen LogP contribution in [0.25, 0.3) is 0 Å². The van der Waals surface area contributed by atoms with Crippen LogP contribution in [0.1, 0.15) is 44.8 Å². The molecule has 1 N–H and O–H groups in total. The third kappa shape index (κ3) is 4.50. The van der Waals surface area contributed by atoms with E-state index in [4.69, 9.17) is 4.74 Å². The smallest absolute Gasteiger partial charge is 0.223 e. The average Bonchev–Trinajstić information content (AvgIpc) is 3.07. The second-order valence-electron chi connectivity index (χ2n) is 7.42. The minimum Gasteiger partial charge on any atom is -0.369 e. The number of rotatable bonds is 4. The molecule has 24 heavy (non-hydrogen) atoms. The van der Waals surface area contributed by atoms with Gasteiger partial charge in [0, 0.05) is 6.42 Å². The number of carbonyl (C=O) groups is 1. The molecular weight excluding hydrogens is 324 g/mol. The molecule has 0 spiro atoms. The Labute approximate surface area is 151 Å². The zero-order valence-electron chi connectivity index (χ0n) is 14.7. The third-order valence-electron chi connectivity index (χ3n) is 5.12. The van der Waals surface area contributed by atoms with Crippen LogP contribution < -0.4 is 5.32 Å². The lowest BCUT2D eigenvalue weighted by atomic mass is 9.96. The van der Waals surface area contributed by atoms with Gasteiger partial charge in [-0.15, -0.1) is 12.4 Å². The SMILES string of the molecule is CC1(C)COC(c2ccccc2)CN1C(=O)CCC1CCNC1.Cl. The predicted octanol–water partition coefficient (Wildman–Crippen LogP) is 3.18. The molecule has 0 aliphatic carbocycles. The monoisotopic (exact) mass is 352 g/mol. The van der Waals surface area contributed by atoms with Crippen LogP contribution in [-0.2, 0) is 9.53 Å². The molecule has 2 heterocycles. The fourth-order valence-electron chi connectivity index (χ4n) is 3.58. The van der Waals surface area contributed by atoms with Crippen molar-refractivity contribution >= 4 is 18.3 Å². The van der Waals surface area contributed by atoms with Gasteiger partial charge < -0.3 is 15.0 Å². The van der Waals surface area contributed by atoms with Crippen LogP contribution in [0.5, 0.6) is 0 Å². The van der Waals surface area contributed by atoms with Gasteiger partial charge in [0.25, 0.3) is 0 Å². The van der Waals surface area contributed by atoms with Gasteiger partial charge in [-0.05, 0) is 51.3 Å². The topological polar surface area (TPSA) is 41.6 Å². The Morgan fingerprint density at radius 1 is 1.33 bits per heavy atom. The molecule has 1 aromatic rings. The van der Waals surface area contributed by atoms with Crippen molar-refractivity contribution in [2.75, 3.05) is 26.2 Å². The lowest BCUT2D eigenvalue weighted by Crippen LogP contribution is -2.56. The second-order valence-corrected chi connectivity index (χ2v) is 7.42. The number of amides is 1. The molecule has 0 aromatic heterocycles. The summed E-state index contributed by atoms with van der Waals surface area (Å²) >= 11 is 0. The highest BCUT2D eigenvalue weighted by molar-refractivity contribution is 5.85. The first kappa shape index (κ1) is 19.2. The van der Waals surface area contributed by atoms with Gasteiger partial charge >= 0.3 is 0 Å². The van der Waals surface area contributed by atoms with Crippen LogP contribution in [0.3, 0.4) is 0 Å². The molecule has 4 nitrogen and oxygen atoms in total. The summed E-state index contributed by atoms with van der Waals surface area (Å²) in [5.74, 6) is 0.930. The number of nitrogens with one attached hydrogen (secondary N) is 1. The quantitative estimate of drug-likeness (QED) is 0.904. The van der Waals surface area contributed by atoms with E-state index in [9.17, 15) is 4.79 Å². The zero-order chi connectivity index (χ0) is 16.3. The Kier molecular flexibility index (Phi) is 6.67. The van der Waals surface area contributed by atoms with Gasteiger partial charge in [-0.2, -0.15) is 0 Å². The summed E-state index contributed by atoms with van der Waals surface area (Å²) in [6.45, 7) is 7.60. The number of halogens is 1. The Morgan fingerprint density at radius 3 is 2.75 bits per heavy atom. The molecule has 1 amide bonds. The molecule has 2 aliphatic rings. The lowest BCUT2D eigenvalue weighted by molar-refractivity contribution is -0.155. The van der Waals surface area contributed by atoms with E-state index in [1.165, 1.54) is 6.42 Å². The summed E-state index contributed by atoms with van der Waals surface area (Å²) in [4.78, 5) is 14.8. The maximum atomic E-state index is 12.8. The van der Waals surface area contributed by atoms with Crippen LogP contribution in [0.4, 0.5) is 0 Å². The van der Waals surface area contributed by atoms with Crippen molar-refractivity contribution in [1.82, 2.24) is 10.2 Å². The lowest BCUT2D eigenvalue weighted by Gasteiger charge is -2.45. The van der Waals surface area contributed by atoms with Crippen molar-refractivity contribution in [3.8, 4) is 0 Å². The molecule has 134 valence electrons. The van der Waals surface area contributed by atoms with E-state index in [1.807, 2.05) is 23.1 Å². The zero-order valence-corrected chi connectivity index (χ0v) is 15.5. The van der Waals surface area contributed by atoms with Crippen molar-refractivity contribution in [3.05, 3.63) is 35.9 Å². The molecule has 2 unspecified atom stereocenters. The van der Waals surface area contributed by atoms with Crippen LogP contribution in [0, 0.1) is 5.92 Å². The maximum absolute atomic E-state index is 12.8. The minimum atomic E-state index is -0.226. The van der Waals surface area contributed by atoms with E-state index in [-0.39, 0.29) is 30.0 Å². The van der Waals surface area contributed by atoms with Crippen molar-refractivity contribution in [2.45, 2.75) is 44.8 Å². The maximum Gasteiger partial charge on any atom is 0.223 e. The largest absolute Gasteiger partial charge is 0.369 e. The number of hydrogen-bond acceptors (Lipinski definition) is 3. The summed E-state index contributed by atoms with van der Waals surface area (Å²) in [6, 6.07) is 10.2. The minimum absolute atomic E-state index is 0. The summed E-state index contributed by atoms with van der Waals surface area (Å²) in [7, 11) is 0. The van der Waals surface area contributed by atoms with E-state index in [0.717, 1.165) is 25.1 Å². The summed E-state index contributed by atoms with van der Waals surface area (Å²) in [6.07, 6.45) is 2.83. The van der Waals surface area contributed by atoms with E-state index in [0.29, 0.717) is 25.5 Å². The normalized spacial score (nSPS) is 26.0. The number of carbonyl (C=O) groups excluding carboxylic acids is 1. The first-order valence-electron chi connectivity index (χ1n) is 8.74. The van der Waals surface area contributed by atoms with Crippen LogP contribution in [-0.4, -0.2) is 42.6 Å². The molecule has 5 heteroatoms. The Hall–Kier alpha value is -1.10. The summed E-state index contributed by atoms with van der Waals surface area (Å²) < 4.78 is 6.03. The highest BCUT2D eigenvalue weighted by Gasteiger charge is 2.38. The van der Waals surface area contributed by atoms with Crippen molar-refractivity contribution in [2.24, 2.45) is 5.92 Å². The fraction of sp³-hybridized carbons (Fsp3) is 0.632. The number of hydrogen-bond donors (Lipinski definition) is 1. The number of benzene rings is 1. The number of nitrogens with zero attached hydrogens (tertiary/aromatic N) is 1. The van der Waals surface area contributed by atoms with Gasteiger partial charge in [0.2, 0.25) is 5.91 Å². The van der Waals surface area contributed by atoms with Gasteiger partial charge in [0.1, 0.15) is 6.10 Å². The molecule has 0 bridgehead atoms. The third-order valence-corrected chi connectivity index (χ3v) is 5.12. The van der Waals surface area contributed by atoms with E-state index < -0.39 is 0 Å². The van der Waals surface area contributed by atoms with Gasteiger partial charge in [-0.25, -0.2) is 0 Å². The number of ether oxygens (including phenoxy) is 1. The number of morpholine rings is 1. The van der Waals surface area contributed by atoms with E-state index in [1.54, 1.807) is 0 Å². The van der Waals surface area contributed by atoms with Gasteiger partial charge in [0.15, 0.2) is 0 Å². The van der Waals surface area contributed by atoms with E-state index in [2.05, 4.69) is 31.3 Å². The van der Waals surface area contributed by atoms with Crippen molar-refractivity contribution in [1.29, 1.82) is 0 Å². The Morgan fingerprint density at radius 2 is 2.08 bits per heavy atom. The molecule has 3 rings (SSSR count). The fourth-order valence-corrected chi connectivity index (χ4v) is 3.58. The molecule has 2 fully saturated rings. The second kappa shape index (κ2) is 8.32. The molecule has 0 radical (unpaired) electrons. The molecule has 0 saturated carbocycles. The van der Waals surface area contributed by atoms with E-state index >= 15 is 0 Å². The predicted molar refractivity (Wildman–Crippen MR) is 98.4 cm³/mol. The standard InChI is InChI=1S/C19H28N2O2.ClH/c1-19(2)14-23-17(16-6-4-3-5-7-16)13-21(19)18(22)9-8-15-10-11-20-12-15;/h3-7,15,17,20H,8-14H2,1-2H3;1H. The molecule has 2 aliphatic heterocycles. The molecular formula is C19H29ClN2O2. The highest BCUT2D eigenvalue weighted by atomic mass is 35.5. The van der Waals surface area contributed by atoms with Gasteiger partial charge in [-0.3, -0.25) is 4.79 Å². The van der Waals surface area contributed by atoms with Crippen molar-refractivity contribution < 1.29 is 9.53 Å². The Bertz CT molecular complexity index is 529. The summed E-state index contributed by atoms with van der Waals surface area (Å²) in [5.41, 5.74) is 0.928. The summed E-state index contributed by atoms with van der Waals surface area (Å²) in [5, 5.41) is 3.38. The first-order chi connectivity index (χ1) is 11.1. The molecule has 1 aromatic carbocycles. The first-order valence-corrected chi connectivity index (χ1v) is 8.74. The van der Waals surface area contributed by atoms with Crippen LogP contribution in [0.15, 0.2) is 30.3 Å². The molecule has 2 atom stereocenters. The average molecular weight is 353 g/mol. The van der Waals surface area contributed by atoms with Gasteiger partial charge in [0.05, 0.1) is 18.7 Å². The van der Waals surface area contributed by atoms with Crippen molar-refractivity contribution in [3.63, 3.8) is 0 Å². The highest BCUT2D eigenvalue weighted by Crippen LogP contribution is 2.31.